The Morgan fingerprint density at radius 2 is 1.12 bits per heavy atom. The van der Waals surface area contributed by atoms with Gasteiger partial charge in [-0.3, -0.25) is 9.59 Å². The van der Waals surface area contributed by atoms with Crippen molar-refractivity contribution < 1.29 is 28.3 Å². The van der Waals surface area contributed by atoms with Crippen LogP contribution in [0, 0.1) is 0 Å². The number of nitrogens with one attached hydrogen (secondary N) is 1. The Morgan fingerprint density at radius 1 is 0.625 bits per heavy atom. The van der Waals surface area contributed by atoms with E-state index in [0.717, 1.165) is 102 Å². The van der Waals surface area contributed by atoms with Crippen molar-refractivity contribution in [3.8, 4) is 0 Å². The summed E-state index contributed by atoms with van der Waals surface area (Å²) in [6.07, 6.45) is 23.8. The lowest BCUT2D eigenvalue weighted by molar-refractivity contribution is -0.122. The number of hydrogen-bond donors (Lipinski definition) is 2. The van der Waals surface area contributed by atoms with Gasteiger partial charge in [-0.05, 0) is 90.1 Å². The van der Waals surface area contributed by atoms with Crippen LogP contribution in [0.5, 0.6) is 0 Å². The van der Waals surface area contributed by atoms with Crippen molar-refractivity contribution in [2.24, 2.45) is 0 Å². The predicted octanol–water partition coefficient (Wildman–Crippen LogP) is 10.4. The molecule has 1 unspecified atom stereocenters. The Kier molecular flexibility index (Phi) is 30.3. The van der Waals surface area contributed by atoms with Gasteiger partial charge >= 0.3 is 0 Å². The van der Waals surface area contributed by atoms with Crippen LogP contribution in [0.3, 0.4) is 0 Å². The van der Waals surface area contributed by atoms with Crippen LogP contribution in [0.1, 0.15) is 168 Å². The molecule has 0 aliphatic rings. The highest BCUT2D eigenvalue weighted by molar-refractivity contribution is 6.84. The Balaban J connectivity index is 3.61. The number of carbonyl (C=O) groups is 3. The molecule has 0 fully saturated rings. The van der Waals surface area contributed by atoms with Crippen molar-refractivity contribution in [3.05, 3.63) is 0 Å². The quantitative estimate of drug-likeness (QED) is 0.0495. The monoisotopic (exact) mass is 714 g/mol. The largest absolute Gasteiger partial charge is 0.455 e. The Morgan fingerprint density at radius 3 is 1.77 bits per heavy atom. The Bertz CT molecular complexity index is 807. The molecule has 0 rings (SSSR count). The molecular formula is C39H79NO6Si2. The van der Waals surface area contributed by atoms with Gasteiger partial charge in [-0.1, -0.05) is 90.4 Å². The van der Waals surface area contributed by atoms with E-state index in [0.29, 0.717) is 44.7 Å². The van der Waals surface area contributed by atoms with Gasteiger partial charge in [0.15, 0.2) is 16.6 Å². The molecular weight excluding hydrogens is 635 g/mol. The molecule has 1 amide bonds. The van der Waals surface area contributed by atoms with Gasteiger partial charge in [0, 0.05) is 38.8 Å². The van der Waals surface area contributed by atoms with E-state index in [2.05, 4.69) is 38.4 Å². The first-order valence-electron chi connectivity index (χ1n) is 20.1. The lowest BCUT2D eigenvalue weighted by Crippen LogP contribution is -2.44. The second-order valence-electron chi connectivity index (χ2n) is 15.6. The summed E-state index contributed by atoms with van der Waals surface area (Å²) in [7, 11) is -3.28. The van der Waals surface area contributed by atoms with Gasteiger partial charge in [0.05, 0.1) is 12.7 Å². The number of amides is 1. The summed E-state index contributed by atoms with van der Waals surface area (Å²) in [5, 5.41) is 13.3. The molecule has 1 atom stereocenters. The SMILES string of the molecule is CCCCCCCC[Si](C)(C)O[Si](C)(C)CCCOCC(O)CCCCCCCCNC(=O)CCCCC(=O)CCCCCCC(C)=O. The highest BCUT2D eigenvalue weighted by Crippen LogP contribution is 2.25. The van der Waals surface area contributed by atoms with E-state index in [1.54, 1.807) is 6.92 Å². The van der Waals surface area contributed by atoms with E-state index < -0.39 is 16.6 Å². The van der Waals surface area contributed by atoms with Gasteiger partial charge < -0.3 is 24.1 Å². The van der Waals surface area contributed by atoms with Crippen LogP contribution < -0.4 is 5.32 Å². The maximum atomic E-state index is 12.1. The number of aliphatic hydroxyl groups excluding tert-OH is 1. The fourth-order valence-electron chi connectivity index (χ4n) is 6.39. The first-order chi connectivity index (χ1) is 22.9. The standard InChI is InChI=1S/C39H79NO6Si2/c1-7-8-9-10-17-24-33-47(3,4)46-48(5,6)34-25-32-45-35-38(43)29-20-13-11-12-16-23-31-40-39(44)30-22-21-28-37(42)27-19-15-14-18-26-36(2)41/h38,43H,7-35H2,1-6H3,(H,40,44). The van der Waals surface area contributed by atoms with Gasteiger partial charge in [0.25, 0.3) is 0 Å². The van der Waals surface area contributed by atoms with Crippen LogP contribution in [-0.4, -0.2) is 65.1 Å². The molecule has 9 heteroatoms. The lowest BCUT2D eigenvalue weighted by Gasteiger charge is -2.34. The summed E-state index contributed by atoms with van der Waals surface area (Å²) in [5.74, 6) is 0.622. The molecule has 0 spiro atoms. The van der Waals surface area contributed by atoms with Crippen LogP contribution in [0.15, 0.2) is 0 Å². The fraction of sp³-hybridized carbons (Fsp3) is 0.923. The molecule has 0 heterocycles. The smallest absolute Gasteiger partial charge is 0.219 e. The zero-order chi connectivity index (χ0) is 35.9. The molecule has 0 radical (unpaired) electrons. The fourth-order valence-corrected chi connectivity index (χ4v) is 15.3. The number of rotatable bonds is 36. The summed E-state index contributed by atoms with van der Waals surface area (Å²) in [6, 6.07) is 2.39. The van der Waals surface area contributed by atoms with Crippen LogP contribution in [-0.2, 0) is 23.2 Å². The van der Waals surface area contributed by atoms with Crippen molar-refractivity contribution in [3.63, 3.8) is 0 Å². The van der Waals surface area contributed by atoms with E-state index in [-0.39, 0.29) is 17.8 Å². The molecule has 0 aromatic carbocycles. The first-order valence-corrected chi connectivity index (χ1v) is 26.3. The highest BCUT2D eigenvalue weighted by Gasteiger charge is 2.32. The van der Waals surface area contributed by atoms with Crippen molar-refractivity contribution in [1.29, 1.82) is 0 Å². The molecule has 48 heavy (non-hydrogen) atoms. The van der Waals surface area contributed by atoms with E-state index in [1.807, 2.05) is 0 Å². The van der Waals surface area contributed by atoms with E-state index in [9.17, 15) is 19.5 Å². The second kappa shape index (κ2) is 30.9. The first kappa shape index (κ1) is 47.1. The molecule has 0 saturated heterocycles. The van der Waals surface area contributed by atoms with Crippen molar-refractivity contribution in [2.45, 2.75) is 212 Å². The minimum absolute atomic E-state index is 0.0904. The van der Waals surface area contributed by atoms with E-state index in [4.69, 9.17) is 8.85 Å². The number of aliphatic hydroxyl groups is 1. The maximum absolute atomic E-state index is 12.1. The molecule has 0 bridgehead atoms. The molecule has 0 aliphatic carbocycles. The van der Waals surface area contributed by atoms with Crippen LogP contribution in [0.25, 0.3) is 0 Å². The lowest BCUT2D eigenvalue weighted by atomic mass is 10.0. The normalized spacial score (nSPS) is 12.7. The molecule has 7 nitrogen and oxygen atoms in total. The van der Waals surface area contributed by atoms with E-state index in [1.165, 1.54) is 44.6 Å². The maximum Gasteiger partial charge on any atom is 0.219 e. The highest BCUT2D eigenvalue weighted by atomic mass is 28.4. The summed E-state index contributed by atoms with van der Waals surface area (Å²) < 4.78 is 12.6. The van der Waals surface area contributed by atoms with E-state index >= 15 is 0 Å². The van der Waals surface area contributed by atoms with Crippen molar-refractivity contribution in [1.82, 2.24) is 5.32 Å². The van der Waals surface area contributed by atoms with Crippen LogP contribution in [0.4, 0.5) is 0 Å². The van der Waals surface area contributed by atoms with Crippen LogP contribution in [0.2, 0.25) is 38.3 Å². The third-order valence-electron chi connectivity index (χ3n) is 9.19. The van der Waals surface area contributed by atoms with Crippen molar-refractivity contribution in [2.75, 3.05) is 19.8 Å². The average Bonchev–Trinajstić information content (AvgIpc) is 3.01. The van der Waals surface area contributed by atoms with Gasteiger partial charge in [-0.15, -0.1) is 0 Å². The molecule has 284 valence electrons. The minimum atomic E-state index is -1.68. The minimum Gasteiger partial charge on any atom is -0.455 e. The Labute approximate surface area is 299 Å². The van der Waals surface area contributed by atoms with Gasteiger partial charge in [0.2, 0.25) is 5.91 Å². The number of carbonyl (C=O) groups excluding carboxylic acids is 3. The van der Waals surface area contributed by atoms with Gasteiger partial charge in [-0.2, -0.15) is 0 Å². The summed E-state index contributed by atoms with van der Waals surface area (Å²) >= 11 is 0. The molecule has 0 saturated carbocycles. The third kappa shape index (κ3) is 33.6. The topological polar surface area (TPSA) is 102 Å². The number of hydrogen-bond acceptors (Lipinski definition) is 6. The third-order valence-corrected chi connectivity index (χ3v) is 16.7. The zero-order valence-electron chi connectivity index (χ0n) is 32.6. The molecule has 0 aromatic rings. The average molecular weight is 714 g/mol. The number of unbranched alkanes of at least 4 members (excludes halogenated alkanes) is 14. The number of ketones is 2. The van der Waals surface area contributed by atoms with Crippen LogP contribution >= 0.6 is 0 Å². The molecule has 2 N–H and O–H groups in total. The molecule has 0 aliphatic heterocycles. The van der Waals surface area contributed by atoms with Crippen molar-refractivity contribution >= 4 is 34.1 Å². The Hall–Kier alpha value is -0.876. The number of Topliss-reactive ketones (excluding diaryl/α,β-unsaturated/α-hetero) is 2. The summed E-state index contributed by atoms with van der Waals surface area (Å²) in [6.45, 7) is 15.2. The molecule has 0 aromatic heterocycles. The van der Waals surface area contributed by atoms with Gasteiger partial charge in [-0.25, -0.2) is 0 Å². The van der Waals surface area contributed by atoms with Gasteiger partial charge in [0.1, 0.15) is 11.6 Å². The zero-order valence-corrected chi connectivity index (χ0v) is 34.6. The second-order valence-corrected chi connectivity index (χ2v) is 24.4. The summed E-state index contributed by atoms with van der Waals surface area (Å²) in [5.41, 5.74) is 0. The predicted molar refractivity (Wildman–Crippen MR) is 208 cm³/mol. The number of ether oxygens (including phenoxy) is 1. The summed E-state index contributed by atoms with van der Waals surface area (Å²) in [4.78, 5) is 35.0.